The summed E-state index contributed by atoms with van der Waals surface area (Å²) in [5, 5.41) is 0. The minimum absolute atomic E-state index is 0.0580. The van der Waals surface area contributed by atoms with Crippen molar-refractivity contribution in [2.24, 2.45) is 0 Å². The van der Waals surface area contributed by atoms with E-state index < -0.39 is 0 Å². The topological polar surface area (TPSA) is 56.8 Å². The molecule has 142 valence electrons. The quantitative estimate of drug-likeness (QED) is 0.815. The molecule has 0 radical (unpaired) electrons. The molecule has 2 aromatic rings. The molecule has 0 unspecified atom stereocenters. The van der Waals surface area contributed by atoms with E-state index in [1.165, 1.54) is 5.56 Å². The first-order chi connectivity index (χ1) is 13.1. The lowest BCUT2D eigenvalue weighted by Crippen LogP contribution is -2.50. The normalized spacial score (nSPS) is 14.1. The van der Waals surface area contributed by atoms with Crippen LogP contribution in [0, 0.1) is 0 Å². The number of carbonyl (C=O) groups is 2. The summed E-state index contributed by atoms with van der Waals surface area (Å²) in [5.74, 6) is -0.0153. The van der Waals surface area contributed by atoms with E-state index in [9.17, 15) is 9.59 Å². The van der Waals surface area contributed by atoms with Crippen LogP contribution in [-0.4, -0.2) is 59.3 Å². The van der Waals surface area contributed by atoms with Crippen molar-refractivity contribution in [1.82, 2.24) is 14.8 Å². The molecule has 1 aromatic heterocycles. The molecule has 1 aliphatic rings. The lowest BCUT2D eigenvalue weighted by molar-refractivity contribution is -0.130. The minimum Gasteiger partial charge on any atom is -0.366 e. The number of piperazine rings is 1. The van der Waals surface area contributed by atoms with Crippen LogP contribution in [0.15, 0.2) is 48.7 Å². The second-order valence-corrected chi connectivity index (χ2v) is 6.70. The van der Waals surface area contributed by atoms with Crippen molar-refractivity contribution in [3.05, 3.63) is 59.9 Å². The Morgan fingerprint density at radius 2 is 1.67 bits per heavy atom. The van der Waals surface area contributed by atoms with Crippen molar-refractivity contribution in [1.29, 1.82) is 0 Å². The van der Waals surface area contributed by atoms with Crippen LogP contribution in [-0.2, 0) is 11.3 Å². The van der Waals surface area contributed by atoms with Gasteiger partial charge in [-0.1, -0.05) is 30.3 Å². The minimum atomic E-state index is -0.0733. The van der Waals surface area contributed by atoms with Gasteiger partial charge in [-0.2, -0.15) is 0 Å². The zero-order valence-electron chi connectivity index (χ0n) is 16.0. The molecule has 0 atom stereocenters. The summed E-state index contributed by atoms with van der Waals surface area (Å²) in [7, 11) is 0. The third-order valence-electron chi connectivity index (χ3n) is 4.94. The maximum absolute atomic E-state index is 12.7. The van der Waals surface area contributed by atoms with Gasteiger partial charge in [0.25, 0.3) is 5.91 Å². The van der Waals surface area contributed by atoms with Gasteiger partial charge in [-0.3, -0.25) is 9.59 Å². The Balaban J connectivity index is 1.64. The number of hydrogen-bond donors (Lipinski definition) is 0. The summed E-state index contributed by atoms with van der Waals surface area (Å²) in [6.07, 6.45) is 1.77. The number of pyridine rings is 1. The number of hydrogen-bond acceptors (Lipinski definition) is 4. The molecule has 3 rings (SSSR count). The zero-order valence-corrected chi connectivity index (χ0v) is 16.0. The first kappa shape index (κ1) is 18.9. The van der Waals surface area contributed by atoms with Crippen LogP contribution < -0.4 is 4.90 Å². The highest BCUT2D eigenvalue weighted by Crippen LogP contribution is 2.17. The summed E-state index contributed by atoms with van der Waals surface area (Å²) in [6.45, 7) is 7.60. The summed E-state index contributed by atoms with van der Waals surface area (Å²) in [5.41, 5.74) is 2.69. The van der Waals surface area contributed by atoms with E-state index in [1.807, 2.05) is 24.3 Å². The SMILES string of the molecule is CCN(Cc1ccccc1)c1ccc(C(=O)N2CCN(C(C)=O)CC2)nc1. The van der Waals surface area contributed by atoms with E-state index in [-0.39, 0.29) is 11.8 Å². The molecule has 1 aliphatic heterocycles. The molecule has 6 nitrogen and oxygen atoms in total. The first-order valence-electron chi connectivity index (χ1n) is 9.38. The van der Waals surface area contributed by atoms with E-state index in [2.05, 4.69) is 28.9 Å². The van der Waals surface area contributed by atoms with Crippen molar-refractivity contribution in [3.8, 4) is 0 Å². The van der Waals surface area contributed by atoms with Crippen LogP contribution in [0.1, 0.15) is 29.9 Å². The molecule has 0 bridgehead atoms. The smallest absolute Gasteiger partial charge is 0.272 e. The largest absolute Gasteiger partial charge is 0.366 e. The Kier molecular flexibility index (Phi) is 6.06. The lowest BCUT2D eigenvalue weighted by Gasteiger charge is -2.34. The Hall–Kier alpha value is -2.89. The maximum atomic E-state index is 12.7. The monoisotopic (exact) mass is 366 g/mol. The Morgan fingerprint density at radius 1 is 1.00 bits per heavy atom. The van der Waals surface area contributed by atoms with Crippen molar-refractivity contribution < 1.29 is 9.59 Å². The zero-order chi connectivity index (χ0) is 19.2. The Bertz CT molecular complexity index is 769. The molecule has 27 heavy (non-hydrogen) atoms. The van der Waals surface area contributed by atoms with Crippen LogP contribution >= 0.6 is 0 Å². The summed E-state index contributed by atoms with van der Waals surface area (Å²) in [4.78, 5) is 34.2. The van der Waals surface area contributed by atoms with Crippen LogP contribution in [0.4, 0.5) is 5.69 Å². The molecule has 0 spiro atoms. The number of rotatable bonds is 5. The molecule has 0 aliphatic carbocycles. The molecule has 2 amide bonds. The molecular weight excluding hydrogens is 340 g/mol. The summed E-state index contributed by atoms with van der Waals surface area (Å²) >= 11 is 0. The summed E-state index contributed by atoms with van der Waals surface area (Å²) in [6, 6.07) is 14.0. The van der Waals surface area contributed by atoms with Crippen molar-refractivity contribution in [2.45, 2.75) is 20.4 Å². The van der Waals surface area contributed by atoms with Crippen LogP contribution in [0.25, 0.3) is 0 Å². The summed E-state index contributed by atoms with van der Waals surface area (Å²) < 4.78 is 0. The molecule has 1 fully saturated rings. The van der Waals surface area contributed by atoms with Gasteiger partial charge in [-0.05, 0) is 24.6 Å². The maximum Gasteiger partial charge on any atom is 0.272 e. The van der Waals surface area contributed by atoms with E-state index in [0.717, 1.165) is 18.8 Å². The highest BCUT2D eigenvalue weighted by atomic mass is 16.2. The second kappa shape index (κ2) is 8.66. The lowest BCUT2D eigenvalue weighted by atomic mass is 10.2. The molecule has 1 aromatic carbocycles. The Morgan fingerprint density at radius 3 is 2.22 bits per heavy atom. The standard InChI is InChI=1S/C21H26N4O2/c1-3-23(16-18-7-5-4-6-8-18)19-9-10-20(22-15-19)21(27)25-13-11-24(12-14-25)17(2)26/h4-10,15H,3,11-14,16H2,1-2H3. The van der Waals surface area contributed by atoms with E-state index >= 15 is 0 Å². The molecule has 2 heterocycles. The average molecular weight is 366 g/mol. The highest BCUT2D eigenvalue weighted by Gasteiger charge is 2.24. The highest BCUT2D eigenvalue weighted by molar-refractivity contribution is 5.92. The third kappa shape index (κ3) is 4.64. The van der Waals surface area contributed by atoms with Gasteiger partial charge in [0, 0.05) is 46.2 Å². The molecule has 0 saturated carbocycles. The first-order valence-corrected chi connectivity index (χ1v) is 9.38. The molecular formula is C21H26N4O2. The fourth-order valence-electron chi connectivity index (χ4n) is 3.28. The predicted octanol–water partition coefficient (Wildman–Crippen LogP) is 2.41. The second-order valence-electron chi connectivity index (χ2n) is 6.70. The van der Waals surface area contributed by atoms with Gasteiger partial charge in [0.2, 0.25) is 5.91 Å². The van der Waals surface area contributed by atoms with E-state index in [0.29, 0.717) is 31.9 Å². The molecule has 0 N–H and O–H groups in total. The van der Waals surface area contributed by atoms with Crippen LogP contribution in [0.5, 0.6) is 0 Å². The molecule has 6 heteroatoms. The van der Waals surface area contributed by atoms with Crippen LogP contribution in [0.3, 0.4) is 0 Å². The average Bonchev–Trinajstić information content (AvgIpc) is 2.72. The number of amides is 2. The number of aromatic nitrogens is 1. The number of benzene rings is 1. The molecule has 1 saturated heterocycles. The van der Waals surface area contributed by atoms with Gasteiger partial charge in [0.05, 0.1) is 11.9 Å². The van der Waals surface area contributed by atoms with Crippen LogP contribution in [0.2, 0.25) is 0 Å². The van der Waals surface area contributed by atoms with E-state index in [1.54, 1.807) is 29.0 Å². The van der Waals surface area contributed by atoms with Crippen molar-refractivity contribution in [3.63, 3.8) is 0 Å². The number of anilines is 1. The fraction of sp³-hybridized carbons (Fsp3) is 0.381. The Labute approximate surface area is 160 Å². The number of carbonyl (C=O) groups excluding carboxylic acids is 2. The fourth-order valence-corrected chi connectivity index (χ4v) is 3.28. The van der Waals surface area contributed by atoms with Crippen molar-refractivity contribution in [2.75, 3.05) is 37.6 Å². The van der Waals surface area contributed by atoms with Gasteiger partial charge < -0.3 is 14.7 Å². The predicted molar refractivity (Wildman–Crippen MR) is 106 cm³/mol. The van der Waals surface area contributed by atoms with Gasteiger partial charge in [-0.15, -0.1) is 0 Å². The van der Waals surface area contributed by atoms with Gasteiger partial charge in [0.15, 0.2) is 0 Å². The van der Waals surface area contributed by atoms with Gasteiger partial charge in [-0.25, -0.2) is 4.98 Å². The van der Waals surface area contributed by atoms with Gasteiger partial charge in [0.1, 0.15) is 5.69 Å². The third-order valence-corrected chi connectivity index (χ3v) is 4.94. The number of nitrogens with zero attached hydrogens (tertiary/aromatic N) is 4. The van der Waals surface area contributed by atoms with Gasteiger partial charge >= 0.3 is 0 Å². The van der Waals surface area contributed by atoms with Crippen molar-refractivity contribution >= 4 is 17.5 Å². The van der Waals surface area contributed by atoms with E-state index in [4.69, 9.17) is 0 Å².